The number of aliphatic hydroxyl groups excluding tert-OH is 1. The van der Waals surface area contributed by atoms with Crippen LogP contribution in [0.4, 0.5) is 0 Å². The summed E-state index contributed by atoms with van der Waals surface area (Å²) in [5.41, 5.74) is 3.56. The van der Waals surface area contributed by atoms with E-state index < -0.39 is 6.10 Å². The Hall–Kier alpha value is -3.58. The van der Waals surface area contributed by atoms with Crippen molar-refractivity contribution in [3.05, 3.63) is 64.0 Å². The molecule has 38 heavy (non-hydrogen) atoms. The van der Waals surface area contributed by atoms with E-state index in [9.17, 15) is 9.90 Å². The molecule has 12 nitrogen and oxygen atoms in total. The van der Waals surface area contributed by atoms with Gasteiger partial charge in [0.1, 0.15) is 18.7 Å². The Morgan fingerprint density at radius 1 is 1.11 bits per heavy atom. The molecule has 0 amide bonds. The number of nitrogens with zero attached hydrogens (tertiary/aromatic N) is 6. The third-order valence-corrected chi connectivity index (χ3v) is 6.30. The zero-order chi connectivity index (χ0) is 24.6. The molecule has 2 atom stereocenters. The Kier molecular flexibility index (Phi) is 8.26. The number of nitrogens with one attached hydrogen (secondary N) is 1. The molecule has 0 aromatic carbocycles. The summed E-state index contributed by atoms with van der Waals surface area (Å²) < 4.78 is 17.7. The fourth-order valence-corrected chi connectivity index (χ4v) is 4.48. The first-order chi connectivity index (χ1) is 17.6. The minimum absolute atomic E-state index is 0. The second-order valence-corrected chi connectivity index (χ2v) is 8.59. The van der Waals surface area contributed by atoms with Crippen LogP contribution in [0.1, 0.15) is 17.0 Å². The lowest BCUT2D eigenvalue weighted by Gasteiger charge is -2.30. The van der Waals surface area contributed by atoms with Crippen LogP contribution < -0.4 is 25.1 Å². The summed E-state index contributed by atoms with van der Waals surface area (Å²) in [5, 5.41) is 22.4. The molecule has 14 heteroatoms. The first kappa shape index (κ1) is 27.5. The zero-order valence-corrected chi connectivity index (χ0v) is 21.9. The van der Waals surface area contributed by atoms with Gasteiger partial charge >= 0.3 is 0 Å². The predicted molar refractivity (Wildman–Crippen MR) is 141 cm³/mol. The topological polar surface area (TPSA) is 146 Å². The van der Waals surface area contributed by atoms with E-state index in [1.807, 2.05) is 6.07 Å². The van der Waals surface area contributed by atoms with Gasteiger partial charge in [-0.3, -0.25) is 14.3 Å². The van der Waals surface area contributed by atoms with Crippen LogP contribution in [0.2, 0.25) is 0 Å². The maximum atomic E-state index is 12.7. The summed E-state index contributed by atoms with van der Waals surface area (Å²) in [6.07, 6.45) is 3.15. The monoisotopic (exact) mass is 561 g/mol. The molecule has 4 aromatic rings. The maximum absolute atomic E-state index is 12.7. The summed E-state index contributed by atoms with van der Waals surface area (Å²) in [6.45, 7) is 1.34. The molecule has 0 saturated carbocycles. The Bertz CT molecular complexity index is 1520. The number of aromatic nitrogens is 6. The van der Waals surface area contributed by atoms with Gasteiger partial charge in [-0.1, -0.05) is 0 Å². The molecule has 1 aliphatic heterocycles. The lowest BCUT2D eigenvalue weighted by atomic mass is 9.89. The van der Waals surface area contributed by atoms with Gasteiger partial charge in [-0.15, -0.1) is 29.9 Å². The highest BCUT2D eigenvalue weighted by Crippen LogP contribution is 2.27. The molecule has 2 aliphatic rings. The molecule has 2 N–H and O–H groups in total. The van der Waals surface area contributed by atoms with Crippen LogP contribution in [0.15, 0.2) is 41.5 Å². The normalized spacial score (nSPS) is 17.6. The van der Waals surface area contributed by atoms with Crippen molar-refractivity contribution in [2.75, 3.05) is 20.3 Å². The van der Waals surface area contributed by atoms with Gasteiger partial charge < -0.3 is 24.6 Å². The van der Waals surface area contributed by atoms with Crippen LogP contribution in [0.3, 0.4) is 0 Å². The van der Waals surface area contributed by atoms with E-state index in [2.05, 4.69) is 30.5 Å². The second kappa shape index (κ2) is 11.4. The quantitative estimate of drug-likeness (QED) is 0.362. The number of hydrogen-bond donors (Lipinski definition) is 2. The third kappa shape index (κ3) is 5.20. The highest BCUT2D eigenvalue weighted by molar-refractivity contribution is 5.85. The van der Waals surface area contributed by atoms with Crippen molar-refractivity contribution >= 4 is 36.0 Å². The van der Waals surface area contributed by atoms with E-state index in [0.29, 0.717) is 72.7 Å². The minimum Gasteiger partial charge on any atom is -0.484 e. The molecule has 4 aromatic heterocycles. The highest BCUT2D eigenvalue weighted by atomic mass is 35.5. The second-order valence-electron chi connectivity index (χ2n) is 8.59. The van der Waals surface area contributed by atoms with Gasteiger partial charge in [0.15, 0.2) is 11.4 Å². The summed E-state index contributed by atoms with van der Waals surface area (Å²) in [6, 6.07) is 6.88. The lowest BCUT2D eigenvalue weighted by molar-refractivity contribution is 0.117. The molecular formula is C24H25Cl2N7O5. The SMILES string of the molecule is COc1ccc2ncc(=O)n(-c3cnc4c(c3)C[C@H](O)[C@H](NCc3cc5c(nn3)OCCO5)C4)c2n1.Cl.Cl. The van der Waals surface area contributed by atoms with E-state index in [4.69, 9.17) is 14.2 Å². The number of rotatable bonds is 5. The van der Waals surface area contributed by atoms with Crippen molar-refractivity contribution in [1.82, 2.24) is 35.0 Å². The molecule has 0 spiro atoms. The van der Waals surface area contributed by atoms with Crippen molar-refractivity contribution in [3.8, 4) is 23.2 Å². The first-order valence-corrected chi connectivity index (χ1v) is 11.5. The number of methoxy groups -OCH3 is 1. The van der Waals surface area contributed by atoms with Gasteiger partial charge in [-0.05, 0) is 17.7 Å². The average molecular weight is 562 g/mol. The van der Waals surface area contributed by atoms with Crippen molar-refractivity contribution < 1.29 is 19.3 Å². The van der Waals surface area contributed by atoms with Gasteiger partial charge in [0.05, 0.1) is 37.0 Å². The summed E-state index contributed by atoms with van der Waals surface area (Å²) >= 11 is 0. The third-order valence-electron chi connectivity index (χ3n) is 6.30. The van der Waals surface area contributed by atoms with Gasteiger partial charge in [-0.25, -0.2) is 4.98 Å². The van der Waals surface area contributed by atoms with Gasteiger partial charge in [0.25, 0.3) is 11.4 Å². The molecule has 0 fully saturated rings. The molecule has 5 heterocycles. The largest absolute Gasteiger partial charge is 0.484 e. The van der Waals surface area contributed by atoms with Crippen LogP contribution in [-0.4, -0.2) is 67.3 Å². The average Bonchev–Trinajstić information content (AvgIpc) is 2.91. The predicted octanol–water partition coefficient (Wildman–Crippen LogP) is 1.21. The van der Waals surface area contributed by atoms with E-state index in [0.717, 1.165) is 11.3 Å². The smallest absolute Gasteiger partial charge is 0.276 e. The van der Waals surface area contributed by atoms with Gasteiger partial charge in [0.2, 0.25) is 5.88 Å². The maximum Gasteiger partial charge on any atom is 0.276 e. The Morgan fingerprint density at radius 2 is 1.95 bits per heavy atom. The standard InChI is InChI=1S/C24H23N7O5.2ClH/c1-34-21-3-2-16-23(28-21)31(22(33)12-27-16)15-6-13-7-19(32)18(9-17(13)26-11-15)25-10-14-8-20-24(30-29-14)36-5-4-35-20;;/h2-3,6,8,11-12,18-19,25,32H,4-5,7,9-10H2,1H3;2*1H/t18-,19+;;/m1../s1. The Labute approximate surface area is 229 Å². The van der Waals surface area contributed by atoms with E-state index in [1.54, 1.807) is 24.4 Å². The number of fused-ring (bicyclic) bond motifs is 3. The fraction of sp³-hybridized carbons (Fsp3) is 0.333. The lowest BCUT2D eigenvalue weighted by Crippen LogP contribution is -2.45. The number of halogens is 2. The van der Waals surface area contributed by atoms with E-state index >= 15 is 0 Å². The van der Waals surface area contributed by atoms with Crippen molar-refractivity contribution in [3.63, 3.8) is 0 Å². The molecule has 0 bridgehead atoms. The van der Waals surface area contributed by atoms with Crippen molar-refractivity contribution in [2.45, 2.75) is 31.5 Å². The van der Waals surface area contributed by atoms with E-state index in [1.165, 1.54) is 17.9 Å². The molecule has 1 aliphatic carbocycles. The molecule has 0 saturated heterocycles. The minimum atomic E-state index is -0.649. The molecule has 200 valence electrons. The van der Waals surface area contributed by atoms with Crippen LogP contribution in [-0.2, 0) is 19.4 Å². The van der Waals surface area contributed by atoms with Crippen molar-refractivity contribution in [2.24, 2.45) is 0 Å². The summed E-state index contributed by atoms with van der Waals surface area (Å²) in [7, 11) is 1.51. The van der Waals surface area contributed by atoms with Crippen LogP contribution in [0.5, 0.6) is 17.5 Å². The van der Waals surface area contributed by atoms with Crippen LogP contribution in [0.25, 0.3) is 16.9 Å². The van der Waals surface area contributed by atoms with E-state index in [-0.39, 0.29) is 36.4 Å². The fourth-order valence-electron chi connectivity index (χ4n) is 4.48. The number of aliphatic hydroxyl groups is 1. The molecule has 0 radical (unpaired) electrons. The van der Waals surface area contributed by atoms with Gasteiger partial charge in [0, 0.05) is 43.3 Å². The number of pyridine rings is 2. The van der Waals surface area contributed by atoms with Crippen LogP contribution in [0, 0.1) is 0 Å². The van der Waals surface area contributed by atoms with Gasteiger partial charge in [-0.2, -0.15) is 10.1 Å². The van der Waals surface area contributed by atoms with Crippen LogP contribution >= 0.6 is 24.8 Å². The summed E-state index contributed by atoms with van der Waals surface area (Å²) in [4.78, 5) is 26.0. The van der Waals surface area contributed by atoms with Crippen molar-refractivity contribution in [1.29, 1.82) is 0 Å². The Balaban J connectivity index is 0.00000168. The first-order valence-electron chi connectivity index (χ1n) is 11.5. The summed E-state index contributed by atoms with van der Waals surface area (Å²) in [5.74, 6) is 1.34. The number of ether oxygens (including phenoxy) is 3. The zero-order valence-electron chi connectivity index (χ0n) is 20.2. The number of hydrogen-bond acceptors (Lipinski definition) is 11. The molecule has 6 rings (SSSR count). The molecule has 0 unspecified atom stereocenters. The highest BCUT2D eigenvalue weighted by Gasteiger charge is 2.28. The Morgan fingerprint density at radius 3 is 2.79 bits per heavy atom. The molecular weight excluding hydrogens is 537 g/mol.